The normalized spacial score (nSPS) is 9.36. The molecule has 1 heterocycles. The Labute approximate surface area is 80.8 Å². The van der Waals surface area contributed by atoms with E-state index in [1.165, 1.54) is 27.4 Å². The average Bonchev–Trinajstić information content (AvgIpc) is 2.27. The number of carbonyl (C=O) groups excluding carboxylic acids is 1. The Balaban J connectivity index is 3.10. The lowest BCUT2D eigenvalue weighted by atomic mass is 10.5. The maximum atomic E-state index is 11.1. The van der Waals surface area contributed by atoms with Gasteiger partial charge < -0.3 is 14.2 Å². The minimum atomic E-state index is -0.637. The number of rotatable bonds is 3. The molecule has 0 saturated heterocycles. The van der Waals surface area contributed by atoms with Gasteiger partial charge in [0, 0.05) is 0 Å². The average molecular weight is 198 g/mol. The van der Waals surface area contributed by atoms with Gasteiger partial charge in [0.15, 0.2) is 0 Å². The van der Waals surface area contributed by atoms with Crippen LogP contribution in [-0.4, -0.2) is 37.3 Å². The molecule has 6 heteroatoms. The molecule has 14 heavy (non-hydrogen) atoms. The molecule has 0 unspecified atom stereocenters. The van der Waals surface area contributed by atoms with Crippen molar-refractivity contribution in [1.29, 1.82) is 0 Å². The Morgan fingerprint density at radius 1 is 1.14 bits per heavy atom. The highest BCUT2D eigenvalue weighted by Crippen LogP contribution is 2.14. The molecule has 0 aliphatic rings. The number of methoxy groups -OCH3 is 3. The molecule has 1 aromatic heterocycles. The molecule has 0 N–H and O–H groups in total. The van der Waals surface area contributed by atoms with Crippen molar-refractivity contribution < 1.29 is 19.0 Å². The maximum Gasteiger partial charge on any atom is 0.376 e. The Morgan fingerprint density at radius 3 is 2.00 bits per heavy atom. The number of carbonyl (C=O) groups is 1. The molecule has 1 aromatic rings. The third kappa shape index (κ3) is 2.09. The second kappa shape index (κ2) is 4.40. The minimum Gasteiger partial charge on any atom is -0.481 e. The zero-order valence-electron chi connectivity index (χ0n) is 8.10. The van der Waals surface area contributed by atoms with Gasteiger partial charge in [-0.1, -0.05) is 0 Å². The van der Waals surface area contributed by atoms with E-state index in [4.69, 9.17) is 9.47 Å². The molecule has 0 fully saturated rings. The van der Waals surface area contributed by atoms with Gasteiger partial charge in [-0.2, -0.15) is 9.97 Å². The highest BCUT2D eigenvalue weighted by molar-refractivity contribution is 5.85. The van der Waals surface area contributed by atoms with Crippen LogP contribution in [0, 0.1) is 0 Å². The number of hydrogen-bond acceptors (Lipinski definition) is 6. The monoisotopic (exact) mass is 198 g/mol. The first-order chi connectivity index (χ1) is 6.71. The van der Waals surface area contributed by atoms with Crippen LogP contribution in [0.25, 0.3) is 0 Å². The van der Waals surface area contributed by atoms with E-state index < -0.39 is 5.97 Å². The Kier molecular flexibility index (Phi) is 3.22. The largest absolute Gasteiger partial charge is 0.481 e. The molecular weight excluding hydrogens is 188 g/mol. The number of esters is 1. The first-order valence-electron chi connectivity index (χ1n) is 3.76. The molecule has 0 amide bonds. The topological polar surface area (TPSA) is 70.5 Å². The summed E-state index contributed by atoms with van der Waals surface area (Å²) >= 11 is 0. The lowest BCUT2D eigenvalue weighted by molar-refractivity contribution is 0.0584. The van der Waals surface area contributed by atoms with Crippen LogP contribution in [-0.2, 0) is 4.74 Å². The van der Waals surface area contributed by atoms with Gasteiger partial charge in [0.05, 0.1) is 27.4 Å². The summed E-state index contributed by atoms with van der Waals surface area (Å²) in [4.78, 5) is 18.7. The van der Waals surface area contributed by atoms with Crippen molar-refractivity contribution in [2.75, 3.05) is 21.3 Å². The first kappa shape index (κ1) is 10.2. The van der Waals surface area contributed by atoms with Crippen LogP contribution >= 0.6 is 0 Å². The Hall–Kier alpha value is -1.85. The van der Waals surface area contributed by atoms with Crippen molar-refractivity contribution in [1.82, 2.24) is 9.97 Å². The molecule has 76 valence electrons. The van der Waals surface area contributed by atoms with Crippen LogP contribution in [0.2, 0.25) is 0 Å². The van der Waals surface area contributed by atoms with E-state index in [0.717, 1.165) is 0 Å². The molecule has 0 aliphatic heterocycles. The Morgan fingerprint density at radius 2 is 1.64 bits per heavy atom. The molecule has 6 nitrogen and oxygen atoms in total. The fraction of sp³-hybridized carbons (Fsp3) is 0.375. The number of ether oxygens (including phenoxy) is 3. The molecular formula is C8H10N2O4. The van der Waals surface area contributed by atoms with Gasteiger partial charge in [0.25, 0.3) is 0 Å². The molecule has 0 spiro atoms. The zero-order valence-corrected chi connectivity index (χ0v) is 8.10. The van der Waals surface area contributed by atoms with E-state index in [0.29, 0.717) is 0 Å². The second-order valence-electron chi connectivity index (χ2n) is 2.27. The molecule has 0 aliphatic carbocycles. The standard InChI is InChI=1S/C8H10N2O4/c1-12-5-4-6(13-2)10-7(9-5)8(11)14-3/h4H,1-3H3. The van der Waals surface area contributed by atoms with E-state index in [1.54, 1.807) is 0 Å². The summed E-state index contributed by atoms with van der Waals surface area (Å²) in [6.45, 7) is 0. The third-order valence-electron chi connectivity index (χ3n) is 1.47. The summed E-state index contributed by atoms with van der Waals surface area (Å²) in [5.41, 5.74) is 0. The third-order valence-corrected chi connectivity index (χ3v) is 1.47. The van der Waals surface area contributed by atoms with Gasteiger partial charge in [-0.15, -0.1) is 0 Å². The lowest BCUT2D eigenvalue weighted by Gasteiger charge is -2.04. The van der Waals surface area contributed by atoms with E-state index in [2.05, 4.69) is 14.7 Å². The van der Waals surface area contributed by atoms with Crippen LogP contribution in [0.15, 0.2) is 6.07 Å². The van der Waals surface area contributed by atoms with Gasteiger partial charge in [-0.05, 0) is 0 Å². The van der Waals surface area contributed by atoms with Gasteiger partial charge in [0.1, 0.15) is 0 Å². The van der Waals surface area contributed by atoms with Gasteiger partial charge in [-0.3, -0.25) is 0 Å². The molecule has 0 saturated carbocycles. The minimum absolute atomic E-state index is 0.0938. The number of nitrogens with zero attached hydrogens (tertiary/aromatic N) is 2. The Bertz CT molecular complexity index is 318. The lowest BCUT2D eigenvalue weighted by Crippen LogP contribution is -2.09. The zero-order chi connectivity index (χ0) is 10.6. The van der Waals surface area contributed by atoms with E-state index in [9.17, 15) is 4.79 Å². The fourth-order valence-corrected chi connectivity index (χ4v) is 0.796. The van der Waals surface area contributed by atoms with Gasteiger partial charge >= 0.3 is 5.97 Å². The van der Waals surface area contributed by atoms with Gasteiger partial charge in [-0.25, -0.2) is 4.79 Å². The summed E-state index contributed by atoms with van der Waals surface area (Å²) in [5.74, 6) is -0.236. The molecule has 0 atom stereocenters. The maximum absolute atomic E-state index is 11.1. The smallest absolute Gasteiger partial charge is 0.376 e. The van der Waals surface area contributed by atoms with Gasteiger partial charge in [0.2, 0.25) is 17.6 Å². The van der Waals surface area contributed by atoms with E-state index in [1.807, 2.05) is 0 Å². The summed E-state index contributed by atoms with van der Waals surface area (Å²) in [6.07, 6.45) is 0. The predicted octanol–water partition coefficient (Wildman–Crippen LogP) is 0.280. The summed E-state index contributed by atoms with van der Waals surface area (Å²) in [6, 6.07) is 1.46. The van der Waals surface area contributed by atoms with Crippen molar-refractivity contribution in [2.45, 2.75) is 0 Å². The molecule has 0 aromatic carbocycles. The molecule has 1 rings (SSSR count). The quantitative estimate of drug-likeness (QED) is 0.649. The van der Waals surface area contributed by atoms with E-state index in [-0.39, 0.29) is 17.6 Å². The molecule has 0 radical (unpaired) electrons. The summed E-state index contributed by atoms with van der Waals surface area (Å²) in [7, 11) is 4.11. The summed E-state index contributed by atoms with van der Waals surface area (Å²) in [5, 5.41) is 0. The predicted molar refractivity (Wildman–Crippen MR) is 46.5 cm³/mol. The highest BCUT2D eigenvalue weighted by atomic mass is 16.5. The van der Waals surface area contributed by atoms with Crippen molar-refractivity contribution in [2.24, 2.45) is 0 Å². The van der Waals surface area contributed by atoms with Crippen molar-refractivity contribution >= 4 is 5.97 Å². The second-order valence-corrected chi connectivity index (χ2v) is 2.27. The number of aromatic nitrogens is 2. The van der Waals surface area contributed by atoms with E-state index >= 15 is 0 Å². The summed E-state index contributed by atoms with van der Waals surface area (Å²) < 4.78 is 14.2. The van der Waals surface area contributed by atoms with Crippen molar-refractivity contribution in [3.8, 4) is 11.8 Å². The fourth-order valence-electron chi connectivity index (χ4n) is 0.796. The highest BCUT2D eigenvalue weighted by Gasteiger charge is 2.13. The number of hydrogen-bond donors (Lipinski definition) is 0. The first-order valence-corrected chi connectivity index (χ1v) is 3.76. The SMILES string of the molecule is COC(=O)c1nc(OC)cc(OC)n1. The van der Waals surface area contributed by atoms with Crippen molar-refractivity contribution in [3.63, 3.8) is 0 Å². The molecule has 0 bridgehead atoms. The van der Waals surface area contributed by atoms with Crippen LogP contribution in [0.4, 0.5) is 0 Å². The van der Waals surface area contributed by atoms with Crippen LogP contribution in [0.5, 0.6) is 11.8 Å². The van der Waals surface area contributed by atoms with Crippen LogP contribution in [0.3, 0.4) is 0 Å². The van der Waals surface area contributed by atoms with Crippen LogP contribution in [0.1, 0.15) is 10.6 Å². The van der Waals surface area contributed by atoms with Crippen LogP contribution < -0.4 is 9.47 Å². The van der Waals surface area contributed by atoms with Crippen molar-refractivity contribution in [3.05, 3.63) is 11.9 Å².